The molecule has 0 heterocycles. The first-order chi connectivity index (χ1) is 15.9. The lowest BCUT2D eigenvalue weighted by Gasteiger charge is -2.31. The van der Waals surface area contributed by atoms with E-state index in [9.17, 15) is 5.26 Å². The minimum Gasteiger partial charge on any atom is -0.309 e. The molecule has 0 saturated carbocycles. The number of rotatable bonds is 9. The van der Waals surface area contributed by atoms with Crippen molar-refractivity contribution in [2.24, 2.45) is 0 Å². The number of anilines is 3. The minimum absolute atomic E-state index is 0.181. The average molecular weight is 439 g/mol. The SMILES string of the molecule is CCC(C)(CC)c1ccc(N(c2ccc(C(C)(CC)CC)cc2)c2ccccc2C#N)cc1. The fourth-order valence-corrected chi connectivity index (χ4v) is 4.53. The molecule has 0 aliphatic rings. The standard InChI is InChI=1S/C31H38N2/c1-7-30(5,8-2)25-15-19-27(20-16-25)33(29-14-12-11-13-24(29)23-32)28-21-17-26(18-22-28)31(6,9-3)10-4/h11-22H,7-10H2,1-6H3. The monoisotopic (exact) mass is 438 g/mol. The Morgan fingerprint density at radius 1 is 0.636 bits per heavy atom. The zero-order valence-electron chi connectivity index (χ0n) is 21.2. The third-order valence-corrected chi connectivity index (χ3v) is 8.03. The largest absolute Gasteiger partial charge is 0.309 e. The molecule has 3 rings (SSSR count). The summed E-state index contributed by atoms with van der Waals surface area (Å²) >= 11 is 0. The van der Waals surface area contributed by atoms with Gasteiger partial charge in [0, 0.05) is 11.4 Å². The number of nitrogens with zero attached hydrogens (tertiary/aromatic N) is 2. The molecular formula is C31H38N2. The summed E-state index contributed by atoms with van der Waals surface area (Å²) in [4.78, 5) is 2.20. The second-order valence-electron chi connectivity index (χ2n) is 9.59. The lowest BCUT2D eigenvalue weighted by molar-refractivity contribution is 0.439. The predicted molar refractivity (Wildman–Crippen MR) is 142 cm³/mol. The molecule has 0 fully saturated rings. The van der Waals surface area contributed by atoms with E-state index in [0.717, 1.165) is 42.7 Å². The van der Waals surface area contributed by atoms with Gasteiger partial charge in [-0.1, -0.05) is 77.9 Å². The second kappa shape index (κ2) is 10.3. The van der Waals surface area contributed by atoms with Crippen molar-refractivity contribution in [3.05, 3.63) is 89.5 Å². The Balaban J connectivity index is 2.12. The van der Waals surface area contributed by atoms with Gasteiger partial charge in [0.1, 0.15) is 6.07 Å². The number of nitriles is 1. The van der Waals surface area contributed by atoms with E-state index in [1.54, 1.807) is 0 Å². The maximum atomic E-state index is 9.81. The third kappa shape index (κ3) is 4.83. The molecule has 0 bridgehead atoms. The Kier molecular flexibility index (Phi) is 7.65. The highest BCUT2D eigenvalue weighted by atomic mass is 15.1. The van der Waals surface area contributed by atoms with E-state index < -0.39 is 0 Å². The second-order valence-corrected chi connectivity index (χ2v) is 9.59. The highest BCUT2D eigenvalue weighted by Crippen LogP contribution is 2.40. The number of para-hydroxylation sites is 1. The zero-order valence-corrected chi connectivity index (χ0v) is 21.2. The van der Waals surface area contributed by atoms with Crippen LogP contribution in [0.2, 0.25) is 0 Å². The van der Waals surface area contributed by atoms with Crippen LogP contribution in [0.1, 0.15) is 83.9 Å². The van der Waals surface area contributed by atoms with Gasteiger partial charge in [-0.3, -0.25) is 0 Å². The fraction of sp³-hybridized carbons (Fsp3) is 0.387. The highest BCUT2D eigenvalue weighted by Gasteiger charge is 2.24. The summed E-state index contributed by atoms with van der Waals surface area (Å²) in [5, 5.41) is 9.81. The van der Waals surface area contributed by atoms with Crippen LogP contribution in [-0.4, -0.2) is 0 Å². The van der Waals surface area contributed by atoms with Crippen LogP contribution in [0.3, 0.4) is 0 Å². The molecule has 33 heavy (non-hydrogen) atoms. The van der Waals surface area contributed by atoms with Gasteiger partial charge in [-0.15, -0.1) is 0 Å². The van der Waals surface area contributed by atoms with Crippen molar-refractivity contribution >= 4 is 17.1 Å². The van der Waals surface area contributed by atoms with Crippen molar-refractivity contribution < 1.29 is 0 Å². The molecule has 3 aromatic carbocycles. The summed E-state index contributed by atoms with van der Waals surface area (Å²) < 4.78 is 0. The fourth-order valence-electron chi connectivity index (χ4n) is 4.53. The topological polar surface area (TPSA) is 27.0 Å². The van der Waals surface area contributed by atoms with Crippen LogP contribution in [0, 0.1) is 11.3 Å². The normalized spacial score (nSPS) is 11.8. The molecule has 0 aromatic heterocycles. The minimum atomic E-state index is 0.181. The van der Waals surface area contributed by atoms with Crippen LogP contribution in [0.4, 0.5) is 17.1 Å². The van der Waals surface area contributed by atoms with Crippen molar-refractivity contribution in [2.75, 3.05) is 4.90 Å². The van der Waals surface area contributed by atoms with Crippen molar-refractivity contribution in [1.29, 1.82) is 5.26 Å². The van der Waals surface area contributed by atoms with E-state index in [0.29, 0.717) is 5.56 Å². The first-order valence-corrected chi connectivity index (χ1v) is 12.4. The number of benzene rings is 3. The maximum Gasteiger partial charge on any atom is 0.101 e. The lowest BCUT2D eigenvalue weighted by atomic mass is 9.78. The van der Waals surface area contributed by atoms with E-state index in [2.05, 4.69) is 101 Å². The summed E-state index contributed by atoms with van der Waals surface area (Å²) in [5.74, 6) is 0. The molecule has 0 aliphatic carbocycles. The van der Waals surface area contributed by atoms with Crippen LogP contribution in [0.5, 0.6) is 0 Å². The van der Waals surface area contributed by atoms with Crippen LogP contribution < -0.4 is 4.90 Å². The van der Waals surface area contributed by atoms with Crippen molar-refractivity contribution in [3.63, 3.8) is 0 Å². The van der Waals surface area contributed by atoms with Gasteiger partial charge in [-0.05, 0) is 84.0 Å². The molecular weight excluding hydrogens is 400 g/mol. The summed E-state index contributed by atoms with van der Waals surface area (Å²) in [6, 6.07) is 28.0. The molecule has 0 radical (unpaired) electrons. The summed E-state index contributed by atoms with van der Waals surface area (Å²) in [6.07, 6.45) is 4.44. The quantitative estimate of drug-likeness (QED) is 0.333. The maximum absolute atomic E-state index is 9.81. The molecule has 0 atom stereocenters. The molecule has 2 heteroatoms. The molecule has 0 amide bonds. The van der Waals surface area contributed by atoms with Crippen molar-refractivity contribution in [3.8, 4) is 6.07 Å². The molecule has 2 nitrogen and oxygen atoms in total. The van der Waals surface area contributed by atoms with E-state index >= 15 is 0 Å². The van der Waals surface area contributed by atoms with Crippen LogP contribution >= 0.6 is 0 Å². The molecule has 0 saturated heterocycles. The van der Waals surface area contributed by atoms with Gasteiger partial charge in [-0.25, -0.2) is 0 Å². The Morgan fingerprint density at radius 3 is 1.39 bits per heavy atom. The van der Waals surface area contributed by atoms with Crippen LogP contribution in [0.25, 0.3) is 0 Å². The van der Waals surface area contributed by atoms with E-state index in [1.807, 2.05) is 24.3 Å². The number of hydrogen-bond donors (Lipinski definition) is 0. The van der Waals surface area contributed by atoms with Crippen LogP contribution in [0.15, 0.2) is 72.8 Å². The van der Waals surface area contributed by atoms with Crippen molar-refractivity contribution in [1.82, 2.24) is 0 Å². The molecule has 172 valence electrons. The third-order valence-electron chi connectivity index (χ3n) is 8.03. The molecule has 3 aromatic rings. The van der Waals surface area contributed by atoms with Gasteiger partial charge >= 0.3 is 0 Å². The smallest absolute Gasteiger partial charge is 0.101 e. The van der Waals surface area contributed by atoms with Gasteiger partial charge in [0.05, 0.1) is 11.3 Å². The van der Waals surface area contributed by atoms with E-state index in [1.165, 1.54) is 11.1 Å². The van der Waals surface area contributed by atoms with Gasteiger partial charge < -0.3 is 4.90 Å². The summed E-state index contributed by atoms with van der Waals surface area (Å²) in [6.45, 7) is 13.7. The highest BCUT2D eigenvalue weighted by molar-refractivity contribution is 5.80. The van der Waals surface area contributed by atoms with Gasteiger partial charge in [-0.2, -0.15) is 5.26 Å². The molecule has 0 unspecified atom stereocenters. The lowest BCUT2D eigenvalue weighted by Crippen LogP contribution is -2.20. The van der Waals surface area contributed by atoms with Crippen LogP contribution in [-0.2, 0) is 10.8 Å². The van der Waals surface area contributed by atoms with Gasteiger partial charge in [0.15, 0.2) is 0 Å². The summed E-state index contributed by atoms with van der Waals surface area (Å²) in [7, 11) is 0. The van der Waals surface area contributed by atoms with E-state index in [4.69, 9.17) is 0 Å². The first-order valence-electron chi connectivity index (χ1n) is 12.4. The molecule has 0 aliphatic heterocycles. The van der Waals surface area contributed by atoms with Gasteiger partial charge in [0.25, 0.3) is 0 Å². The Hall–Kier alpha value is -3.05. The van der Waals surface area contributed by atoms with E-state index in [-0.39, 0.29) is 10.8 Å². The average Bonchev–Trinajstić information content (AvgIpc) is 2.89. The Bertz CT molecular complexity index is 1020. The molecule has 0 spiro atoms. The Labute approximate surface area is 200 Å². The predicted octanol–water partition coefficient (Wildman–Crippen LogP) is 9.18. The summed E-state index contributed by atoms with van der Waals surface area (Å²) in [5.41, 5.74) is 6.80. The zero-order chi connectivity index (χ0) is 24.1. The first kappa shape index (κ1) is 24.6. The van der Waals surface area contributed by atoms with Crippen molar-refractivity contribution in [2.45, 2.75) is 78.1 Å². The molecule has 0 N–H and O–H groups in total. The Morgan fingerprint density at radius 2 is 1.03 bits per heavy atom. The van der Waals surface area contributed by atoms with Gasteiger partial charge in [0.2, 0.25) is 0 Å². The number of hydrogen-bond acceptors (Lipinski definition) is 2.